The highest BCUT2D eigenvalue weighted by atomic mass is 32.2. The standard InChI is InChI=1S/C22H27NO8S/c1-28-15-10-19(30-3)16(20(11-15)31-4)7-8-32(27)12-14-5-6-18(29-2)17(9-14)22(23,13-24)21(25)26/h5-11,24H,12-13,23H2,1-4H3,(H,25,26)/t22-,32?/m1/s1. The Balaban J connectivity index is 2.34. The van der Waals surface area contributed by atoms with E-state index in [0.29, 0.717) is 28.4 Å². The molecule has 2 aromatic carbocycles. The number of nitrogens with two attached hydrogens (primary N) is 1. The predicted octanol–water partition coefficient (Wildman–Crippen LogP) is 1.87. The second-order valence-electron chi connectivity index (χ2n) is 6.74. The van der Waals surface area contributed by atoms with Crippen molar-refractivity contribution in [2.24, 2.45) is 5.73 Å². The highest BCUT2D eigenvalue weighted by Crippen LogP contribution is 2.35. The molecular formula is C22H27NO8S. The van der Waals surface area contributed by atoms with Gasteiger partial charge in [-0.2, -0.15) is 0 Å². The van der Waals surface area contributed by atoms with E-state index in [2.05, 4.69) is 0 Å². The number of aliphatic hydroxyl groups excluding tert-OH is 1. The number of aliphatic carboxylic acids is 1. The molecule has 32 heavy (non-hydrogen) atoms. The minimum atomic E-state index is -2.05. The molecule has 2 atom stereocenters. The van der Waals surface area contributed by atoms with Crippen LogP contribution in [0.5, 0.6) is 23.0 Å². The number of carboxylic acid groups (broad SMARTS) is 1. The fourth-order valence-corrected chi connectivity index (χ4v) is 3.91. The Morgan fingerprint density at radius 2 is 1.62 bits per heavy atom. The fraction of sp³-hybridized carbons (Fsp3) is 0.318. The third kappa shape index (κ3) is 5.39. The van der Waals surface area contributed by atoms with E-state index in [1.165, 1.54) is 46.0 Å². The molecule has 0 saturated heterocycles. The van der Waals surface area contributed by atoms with Crippen molar-refractivity contribution < 1.29 is 38.2 Å². The Morgan fingerprint density at radius 3 is 2.09 bits per heavy atom. The second-order valence-corrected chi connectivity index (χ2v) is 8.07. The van der Waals surface area contributed by atoms with E-state index < -0.39 is 28.9 Å². The minimum absolute atomic E-state index is 0.0788. The number of methoxy groups -OCH3 is 4. The molecule has 2 rings (SSSR count). The number of ether oxygens (including phenoxy) is 4. The van der Waals surface area contributed by atoms with Gasteiger partial charge in [0, 0.05) is 23.1 Å². The third-order valence-corrected chi connectivity index (χ3v) is 5.88. The lowest BCUT2D eigenvalue weighted by Crippen LogP contribution is -2.48. The molecule has 0 aromatic heterocycles. The van der Waals surface area contributed by atoms with Crippen LogP contribution in [0.1, 0.15) is 16.7 Å². The molecule has 4 N–H and O–H groups in total. The van der Waals surface area contributed by atoms with Crippen molar-refractivity contribution >= 4 is 22.8 Å². The van der Waals surface area contributed by atoms with Gasteiger partial charge in [0.2, 0.25) is 0 Å². The van der Waals surface area contributed by atoms with Gasteiger partial charge in [0.25, 0.3) is 0 Å². The molecule has 174 valence electrons. The van der Waals surface area contributed by atoms with E-state index in [0.717, 1.165) is 0 Å². The molecule has 0 bridgehead atoms. The highest BCUT2D eigenvalue weighted by molar-refractivity contribution is 7.87. The summed E-state index contributed by atoms with van der Waals surface area (Å²) < 4.78 is 33.9. The van der Waals surface area contributed by atoms with Crippen molar-refractivity contribution in [3.8, 4) is 23.0 Å². The zero-order valence-corrected chi connectivity index (χ0v) is 19.1. The maximum absolute atomic E-state index is 12.7. The molecule has 0 amide bonds. The Kier molecular flexibility index (Phi) is 8.64. The zero-order chi connectivity index (χ0) is 23.9. The van der Waals surface area contributed by atoms with E-state index in [1.54, 1.807) is 24.3 Å². The first-order valence-corrected chi connectivity index (χ1v) is 10.8. The predicted molar refractivity (Wildman–Crippen MR) is 121 cm³/mol. The van der Waals surface area contributed by atoms with Gasteiger partial charge >= 0.3 is 5.97 Å². The number of carbonyl (C=O) groups is 1. The topological polar surface area (TPSA) is 138 Å². The summed E-state index contributed by atoms with van der Waals surface area (Å²) in [6, 6.07) is 8.03. The van der Waals surface area contributed by atoms with Gasteiger partial charge in [0.1, 0.15) is 23.0 Å². The van der Waals surface area contributed by atoms with Gasteiger partial charge in [-0.15, -0.1) is 0 Å². The van der Waals surface area contributed by atoms with Crippen molar-refractivity contribution in [1.82, 2.24) is 0 Å². The quantitative estimate of drug-likeness (QED) is 0.454. The summed E-state index contributed by atoms with van der Waals surface area (Å²) in [4.78, 5) is 11.6. The molecule has 0 spiro atoms. The van der Waals surface area contributed by atoms with Gasteiger partial charge in [-0.25, -0.2) is 4.79 Å². The van der Waals surface area contributed by atoms with Gasteiger partial charge in [-0.3, -0.25) is 4.21 Å². The van der Waals surface area contributed by atoms with Crippen LogP contribution in [0.25, 0.3) is 6.08 Å². The first-order chi connectivity index (χ1) is 15.2. The number of hydrogen-bond donors (Lipinski definition) is 3. The first-order valence-electron chi connectivity index (χ1n) is 9.40. The Hall–Kier alpha value is -3.08. The summed E-state index contributed by atoms with van der Waals surface area (Å²) in [6.45, 7) is -0.831. The summed E-state index contributed by atoms with van der Waals surface area (Å²) in [5.41, 5.74) is 5.09. The van der Waals surface area contributed by atoms with E-state index in [9.17, 15) is 19.2 Å². The number of hydrogen-bond acceptors (Lipinski definition) is 8. The molecule has 0 saturated carbocycles. The molecule has 0 radical (unpaired) electrons. The summed E-state index contributed by atoms with van der Waals surface area (Å²) in [5, 5.41) is 20.5. The average Bonchev–Trinajstić information content (AvgIpc) is 2.81. The lowest BCUT2D eigenvalue weighted by atomic mass is 9.90. The van der Waals surface area contributed by atoms with Crippen LogP contribution in [0.4, 0.5) is 0 Å². The van der Waals surface area contributed by atoms with Gasteiger partial charge in [-0.05, 0) is 23.8 Å². The summed E-state index contributed by atoms with van der Waals surface area (Å²) in [5.74, 6) is 0.402. The van der Waals surface area contributed by atoms with Crippen LogP contribution < -0.4 is 24.7 Å². The number of rotatable bonds is 11. The maximum atomic E-state index is 12.7. The monoisotopic (exact) mass is 465 g/mol. The van der Waals surface area contributed by atoms with Crippen LogP contribution in [0.3, 0.4) is 0 Å². The zero-order valence-electron chi connectivity index (χ0n) is 18.3. The SMILES string of the molecule is COc1cc(OC)c(C=CS(=O)Cc2ccc(OC)c([C@](N)(CO)C(=O)O)c2)c(OC)c1. The van der Waals surface area contributed by atoms with E-state index in [-0.39, 0.29) is 17.1 Å². The molecular weight excluding hydrogens is 438 g/mol. The number of carboxylic acids is 1. The van der Waals surface area contributed by atoms with Gasteiger partial charge in [0.05, 0.1) is 57.2 Å². The molecule has 9 nitrogen and oxygen atoms in total. The molecule has 0 aliphatic carbocycles. The van der Waals surface area contributed by atoms with Crippen molar-refractivity contribution in [2.75, 3.05) is 35.0 Å². The van der Waals surface area contributed by atoms with Gasteiger partial charge < -0.3 is 34.9 Å². The third-order valence-electron chi connectivity index (χ3n) is 4.82. The minimum Gasteiger partial charge on any atom is -0.496 e. The molecule has 10 heteroatoms. The summed E-state index contributed by atoms with van der Waals surface area (Å²) >= 11 is 0. The Bertz CT molecular complexity index is 998. The van der Waals surface area contributed by atoms with Gasteiger partial charge in [-0.1, -0.05) is 6.07 Å². The normalized spacial score (nSPS) is 13.9. The number of benzene rings is 2. The van der Waals surface area contributed by atoms with Crippen LogP contribution in [0.15, 0.2) is 35.7 Å². The van der Waals surface area contributed by atoms with Gasteiger partial charge in [0.15, 0.2) is 5.54 Å². The van der Waals surface area contributed by atoms with Crippen LogP contribution in [-0.4, -0.2) is 55.4 Å². The van der Waals surface area contributed by atoms with Crippen molar-refractivity contribution in [1.29, 1.82) is 0 Å². The van der Waals surface area contributed by atoms with Crippen molar-refractivity contribution in [2.45, 2.75) is 11.3 Å². The Labute approximate surface area is 188 Å². The first kappa shape index (κ1) is 25.2. The number of aliphatic hydroxyl groups is 1. The molecule has 0 aliphatic heterocycles. The summed E-state index contributed by atoms with van der Waals surface area (Å²) in [6.07, 6.45) is 1.62. The smallest absolute Gasteiger partial charge is 0.330 e. The largest absolute Gasteiger partial charge is 0.496 e. The lowest BCUT2D eigenvalue weighted by molar-refractivity contribution is -0.145. The van der Waals surface area contributed by atoms with Crippen LogP contribution in [0, 0.1) is 0 Å². The van der Waals surface area contributed by atoms with E-state index >= 15 is 0 Å². The average molecular weight is 466 g/mol. The highest BCUT2D eigenvalue weighted by Gasteiger charge is 2.38. The van der Waals surface area contributed by atoms with Crippen LogP contribution in [0.2, 0.25) is 0 Å². The molecule has 0 heterocycles. The lowest BCUT2D eigenvalue weighted by Gasteiger charge is -2.25. The molecule has 2 aromatic rings. The fourth-order valence-electron chi connectivity index (χ4n) is 3.01. The van der Waals surface area contributed by atoms with E-state index in [4.69, 9.17) is 24.7 Å². The maximum Gasteiger partial charge on any atom is 0.330 e. The Morgan fingerprint density at radius 1 is 1.03 bits per heavy atom. The van der Waals surface area contributed by atoms with Crippen LogP contribution >= 0.6 is 0 Å². The molecule has 0 aliphatic rings. The second kappa shape index (κ2) is 11.0. The summed E-state index contributed by atoms with van der Waals surface area (Å²) in [7, 11) is 4.43. The molecule has 1 unspecified atom stereocenters. The molecule has 0 fully saturated rings. The van der Waals surface area contributed by atoms with Crippen molar-refractivity contribution in [3.05, 3.63) is 52.4 Å². The van der Waals surface area contributed by atoms with Crippen molar-refractivity contribution in [3.63, 3.8) is 0 Å². The van der Waals surface area contributed by atoms with Crippen LogP contribution in [-0.2, 0) is 26.9 Å². The van der Waals surface area contributed by atoms with E-state index in [1.807, 2.05) is 0 Å².